The van der Waals surface area contributed by atoms with E-state index >= 15 is 0 Å². The molecule has 1 atom stereocenters. The molecule has 1 aromatic carbocycles. The van der Waals surface area contributed by atoms with Crippen LogP contribution >= 0.6 is 0 Å². The zero-order valence-electron chi connectivity index (χ0n) is 7.59. The van der Waals surface area contributed by atoms with Crippen LogP contribution in [0.5, 0.6) is 5.75 Å². The first-order chi connectivity index (χ1) is 6.86. The number of nitrogens with two attached hydrogens (primary N) is 1. The molecule has 0 spiro atoms. The van der Waals surface area contributed by atoms with Crippen molar-refractivity contribution in [1.82, 2.24) is 0 Å². The molecule has 0 fully saturated rings. The zero-order valence-corrected chi connectivity index (χ0v) is 7.59. The molecule has 0 aliphatic carbocycles. The highest BCUT2D eigenvalue weighted by Gasteiger charge is 2.07. The second-order valence-corrected chi connectivity index (χ2v) is 2.91. The summed E-state index contributed by atoms with van der Waals surface area (Å²) in [6.07, 6.45) is 2.67. The molecule has 0 saturated heterocycles. The van der Waals surface area contributed by atoms with Crippen molar-refractivity contribution in [3.63, 3.8) is 0 Å². The van der Waals surface area contributed by atoms with Crippen LogP contribution in [0.25, 0.3) is 0 Å². The molecule has 1 unspecified atom stereocenters. The molecule has 0 saturated carbocycles. The third-order valence-corrected chi connectivity index (χ3v) is 1.88. The Morgan fingerprint density at radius 2 is 1.93 bits per heavy atom. The van der Waals surface area contributed by atoms with Gasteiger partial charge in [0.1, 0.15) is 5.75 Å². The predicted molar refractivity (Wildman–Crippen MR) is 52.7 cm³/mol. The molecular formula is C11H11NO2. The van der Waals surface area contributed by atoms with Crippen LogP contribution in [0.2, 0.25) is 0 Å². The van der Waals surface area contributed by atoms with Crippen molar-refractivity contribution >= 4 is 0 Å². The van der Waals surface area contributed by atoms with Gasteiger partial charge in [0.15, 0.2) is 6.23 Å². The van der Waals surface area contributed by atoms with E-state index in [0.29, 0.717) is 0 Å². The fraction of sp³-hybridized carbons (Fsp3) is 0.0909. The van der Waals surface area contributed by atoms with Crippen LogP contribution in [0.15, 0.2) is 53.3 Å². The van der Waals surface area contributed by atoms with E-state index in [-0.39, 0.29) is 0 Å². The molecule has 3 heteroatoms. The molecule has 2 aromatic rings. The quantitative estimate of drug-likeness (QED) is 0.754. The first-order valence-electron chi connectivity index (χ1n) is 4.35. The number of furan rings is 1. The normalized spacial score (nSPS) is 12.4. The minimum Gasteiger partial charge on any atom is -0.472 e. The lowest BCUT2D eigenvalue weighted by molar-refractivity contribution is 0.213. The monoisotopic (exact) mass is 189 g/mol. The summed E-state index contributed by atoms with van der Waals surface area (Å²) in [6.45, 7) is 0. The molecule has 0 radical (unpaired) electrons. The van der Waals surface area contributed by atoms with Gasteiger partial charge in [0.05, 0.1) is 12.5 Å². The topological polar surface area (TPSA) is 48.4 Å². The van der Waals surface area contributed by atoms with E-state index in [1.807, 2.05) is 30.3 Å². The highest BCUT2D eigenvalue weighted by atomic mass is 16.5. The van der Waals surface area contributed by atoms with Crippen molar-refractivity contribution < 1.29 is 9.15 Å². The van der Waals surface area contributed by atoms with Gasteiger partial charge in [-0.05, 0) is 18.2 Å². The van der Waals surface area contributed by atoms with Gasteiger partial charge >= 0.3 is 0 Å². The second kappa shape index (κ2) is 3.98. The van der Waals surface area contributed by atoms with Crippen LogP contribution in [0.1, 0.15) is 11.8 Å². The maximum Gasteiger partial charge on any atom is 0.177 e. The Balaban J connectivity index is 2.06. The SMILES string of the molecule is NC(Oc1ccccc1)c1ccoc1. The largest absolute Gasteiger partial charge is 0.472 e. The van der Waals surface area contributed by atoms with Gasteiger partial charge in [0.2, 0.25) is 0 Å². The highest BCUT2D eigenvalue weighted by molar-refractivity contribution is 5.22. The van der Waals surface area contributed by atoms with Gasteiger partial charge in [-0.2, -0.15) is 0 Å². The average Bonchev–Trinajstić information content (AvgIpc) is 2.72. The van der Waals surface area contributed by atoms with Crippen molar-refractivity contribution in [3.05, 3.63) is 54.5 Å². The van der Waals surface area contributed by atoms with Crippen LogP contribution < -0.4 is 10.5 Å². The summed E-state index contributed by atoms with van der Waals surface area (Å²) in [5.74, 6) is 0.751. The number of hydrogen-bond donors (Lipinski definition) is 1. The summed E-state index contributed by atoms with van der Waals surface area (Å²) in [5.41, 5.74) is 6.62. The molecule has 0 aliphatic rings. The summed E-state index contributed by atoms with van der Waals surface area (Å²) in [7, 11) is 0. The van der Waals surface area contributed by atoms with Gasteiger partial charge in [0, 0.05) is 5.56 Å². The van der Waals surface area contributed by atoms with Gasteiger partial charge in [-0.15, -0.1) is 0 Å². The number of rotatable bonds is 3. The van der Waals surface area contributed by atoms with E-state index in [0.717, 1.165) is 11.3 Å². The average molecular weight is 189 g/mol. The van der Waals surface area contributed by atoms with Crippen LogP contribution in [0, 0.1) is 0 Å². The summed E-state index contributed by atoms with van der Waals surface area (Å²) < 4.78 is 10.4. The summed E-state index contributed by atoms with van der Waals surface area (Å²) in [5, 5.41) is 0. The molecular weight excluding hydrogens is 178 g/mol. The molecule has 2 rings (SSSR count). The smallest absolute Gasteiger partial charge is 0.177 e. The maximum absolute atomic E-state index is 5.79. The fourth-order valence-corrected chi connectivity index (χ4v) is 1.15. The Hall–Kier alpha value is -1.74. The molecule has 0 aliphatic heterocycles. The number of ether oxygens (including phenoxy) is 1. The van der Waals surface area contributed by atoms with Crippen molar-refractivity contribution in [1.29, 1.82) is 0 Å². The van der Waals surface area contributed by atoms with Crippen LogP contribution in [-0.2, 0) is 0 Å². The Morgan fingerprint density at radius 3 is 2.57 bits per heavy atom. The van der Waals surface area contributed by atoms with Gasteiger partial charge in [-0.25, -0.2) is 0 Å². The number of hydrogen-bond acceptors (Lipinski definition) is 3. The third kappa shape index (κ3) is 1.95. The van der Waals surface area contributed by atoms with E-state index < -0.39 is 6.23 Å². The molecule has 1 aromatic heterocycles. The van der Waals surface area contributed by atoms with Crippen LogP contribution in [-0.4, -0.2) is 0 Å². The van der Waals surface area contributed by atoms with Crippen LogP contribution in [0.3, 0.4) is 0 Å². The minimum absolute atomic E-state index is 0.476. The first-order valence-corrected chi connectivity index (χ1v) is 4.35. The molecule has 14 heavy (non-hydrogen) atoms. The Kier molecular flexibility index (Phi) is 2.51. The molecule has 1 heterocycles. The van der Waals surface area contributed by atoms with Crippen molar-refractivity contribution in [3.8, 4) is 5.75 Å². The van der Waals surface area contributed by atoms with Gasteiger partial charge in [-0.3, -0.25) is 5.73 Å². The zero-order chi connectivity index (χ0) is 9.80. The Bertz CT molecular complexity index is 369. The summed E-state index contributed by atoms with van der Waals surface area (Å²) in [6, 6.07) is 11.2. The molecule has 72 valence electrons. The Morgan fingerprint density at radius 1 is 1.14 bits per heavy atom. The third-order valence-electron chi connectivity index (χ3n) is 1.88. The number of para-hydroxylation sites is 1. The molecule has 3 nitrogen and oxygen atoms in total. The predicted octanol–water partition coefficient (Wildman–Crippen LogP) is 2.32. The maximum atomic E-state index is 5.79. The first kappa shape index (κ1) is 8.84. The Labute approximate surface area is 82.1 Å². The van der Waals surface area contributed by atoms with E-state index in [1.165, 1.54) is 0 Å². The standard InChI is InChI=1S/C11H11NO2/c12-11(9-6-7-13-8-9)14-10-4-2-1-3-5-10/h1-8,11H,12H2. The van der Waals surface area contributed by atoms with E-state index in [2.05, 4.69) is 0 Å². The molecule has 0 bridgehead atoms. The van der Waals surface area contributed by atoms with Crippen molar-refractivity contribution in [2.75, 3.05) is 0 Å². The van der Waals surface area contributed by atoms with Gasteiger partial charge in [-0.1, -0.05) is 18.2 Å². The lowest BCUT2D eigenvalue weighted by atomic mass is 10.3. The fourth-order valence-electron chi connectivity index (χ4n) is 1.15. The van der Waals surface area contributed by atoms with Crippen molar-refractivity contribution in [2.45, 2.75) is 6.23 Å². The lowest BCUT2D eigenvalue weighted by Crippen LogP contribution is -2.16. The van der Waals surface area contributed by atoms with E-state index in [4.69, 9.17) is 14.9 Å². The van der Waals surface area contributed by atoms with Gasteiger partial charge in [0.25, 0.3) is 0 Å². The summed E-state index contributed by atoms with van der Waals surface area (Å²) in [4.78, 5) is 0. The molecule has 0 amide bonds. The van der Waals surface area contributed by atoms with E-state index in [1.54, 1.807) is 18.6 Å². The van der Waals surface area contributed by atoms with E-state index in [9.17, 15) is 0 Å². The molecule has 2 N–H and O–H groups in total. The van der Waals surface area contributed by atoms with Crippen LogP contribution in [0.4, 0.5) is 0 Å². The highest BCUT2D eigenvalue weighted by Crippen LogP contribution is 2.17. The lowest BCUT2D eigenvalue weighted by Gasteiger charge is -2.12. The number of benzene rings is 1. The minimum atomic E-state index is -0.476. The second-order valence-electron chi connectivity index (χ2n) is 2.91. The van der Waals surface area contributed by atoms with Gasteiger partial charge < -0.3 is 9.15 Å². The summed E-state index contributed by atoms with van der Waals surface area (Å²) >= 11 is 0. The van der Waals surface area contributed by atoms with Crippen molar-refractivity contribution in [2.24, 2.45) is 5.73 Å².